The Morgan fingerprint density at radius 1 is 0.973 bits per heavy atom. The minimum atomic E-state index is -4.17. The second-order valence-corrected chi connectivity index (χ2v) is 10.9. The van der Waals surface area contributed by atoms with Crippen LogP contribution in [0.4, 0.5) is 23.4 Å². The summed E-state index contributed by atoms with van der Waals surface area (Å²) >= 11 is 0. The van der Waals surface area contributed by atoms with Crippen LogP contribution in [-0.4, -0.2) is 49.3 Å². The van der Waals surface area contributed by atoms with Gasteiger partial charge in [0.25, 0.3) is 10.0 Å². The van der Waals surface area contributed by atoms with Gasteiger partial charge in [-0.3, -0.25) is 0 Å². The molecule has 37 heavy (non-hydrogen) atoms. The highest BCUT2D eigenvalue weighted by Gasteiger charge is 2.53. The maximum absolute atomic E-state index is 14.9. The number of halogens is 4. The van der Waals surface area contributed by atoms with Gasteiger partial charge < -0.3 is 9.80 Å². The predicted octanol–water partition coefficient (Wildman–Crippen LogP) is 3.94. The number of aromatic nitrogens is 1. The van der Waals surface area contributed by atoms with Crippen LogP contribution in [0.5, 0.6) is 0 Å². The van der Waals surface area contributed by atoms with Gasteiger partial charge in [0, 0.05) is 31.8 Å². The number of benzene rings is 2. The lowest BCUT2D eigenvalue weighted by molar-refractivity contribution is 0.257. The lowest BCUT2D eigenvalue weighted by atomic mass is 10.1. The number of hydrogen-bond acceptors (Lipinski definition) is 5. The van der Waals surface area contributed by atoms with E-state index in [1.165, 1.54) is 18.2 Å². The fraction of sp³-hybridized carbons (Fsp3) is 0.280. The van der Waals surface area contributed by atoms with Crippen LogP contribution in [-0.2, 0) is 10.0 Å². The van der Waals surface area contributed by atoms with Crippen molar-refractivity contribution in [2.24, 2.45) is 5.10 Å². The van der Waals surface area contributed by atoms with Crippen LogP contribution in [0.1, 0.15) is 24.0 Å². The van der Waals surface area contributed by atoms with Gasteiger partial charge in [-0.15, -0.1) is 5.10 Å². The molecule has 0 atom stereocenters. The Labute approximate surface area is 211 Å². The first kappa shape index (κ1) is 25.0. The number of pyridine rings is 1. The van der Waals surface area contributed by atoms with E-state index < -0.39 is 44.4 Å². The molecule has 2 heterocycles. The minimum Gasteiger partial charge on any atom is -0.352 e. The third-order valence-corrected chi connectivity index (χ3v) is 7.83. The van der Waals surface area contributed by atoms with E-state index in [9.17, 15) is 26.0 Å². The van der Waals surface area contributed by atoms with Gasteiger partial charge in [0.2, 0.25) is 0 Å². The lowest BCUT2D eigenvalue weighted by Gasteiger charge is -2.44. The van der Waals surface area contributed by atoms with Crippen molar-refractivity contribution >= 4 is 21.7 Å². The molecule has 0 unspecified atom stereocenters. The number of nitrogens with one attached hydrogen (secondary N) is 1. The maximum atomic E-state index is 14.9. The van der Waals surface area contributed by atoms with Crippen molar-refractivity contribution in [3.63, 3.8) is 0 Å². The van der Waals surface area contributed by atoms with Gasteiger partial charge in [-0.1, -0.05) is 17.7 Å². The van der Waals surface area contributed by atoms with Crippen molar-refractivity contribution in [2.45, 2.75) is 30.2 Å². The van der Waals surface area contributed by atoms with Crippen LogP contribution in [0.15, 0.2) is 64.7 Å². The van der Waals surface area contributed by atoms with E-state index in [1.807, 2.05) is 4.90 Å². The Kier molecular flexibility index (Phi) is 6.30. The average molecular weight is 534 g/mol. The molecular formula is C25H23F4N5O2S. The number of amidine groups is 1. The number of hydrazone groups is 1. The van der Waals surface area contributed by atoms with E-state index in [1.54, 1.807) is 30.0 Å². The smallest absolute Gasteiger partial charge is 0.276 e. The third kappa shape index (κ3) is 4.97. The third-order valence-electron chi connectivity index (χ3n) is 6.60. The molecule has 194 valence electrons. The second kappa shape index (κ2) is 9.33. The minimum absolute atomic E-state index is 0.0745. The second-order valence-electron chi connectivity index (χ2n) is 9.22. The highest BCUT2D eigenvalue weighted by atomic mass is 32.2. The number of aryl methyl sites for hydroxylation is 1. The summed E-state index contributed by atoms with van der Waals surface area (Å²) in [6.07, 6.45) is 2.38. The summed E-state index contributed by atoms with van der Waals surface area (Å²) in [5.74, 6) is -3.72. The van der Waals surface area contributed by atoms with E-state index >= 15 is 0 Å². The molecule has 0 amide bonds. The molecule has 3 aromatic rings. The topological polar surface area (TPSA) is 77.9 Å². The zero-order valence-electron chi connectivity index (χ0n) is 19.8. The van der Waals surface area contributed by atoms with Gasteiger partial charge in [0.15, 0.2) is 5.84 Å². The van der Waals surface area contributed by atoms with E-state index in [0.717, 1.165) is 11.8 Å². The van der Waals surface area contributed by atoms with Crippen LogP contribution in [0, 0.1) is 30.2 Å². The number of piperazine rings is 1. The summed E-state index contributed by atoms with van der Waals surface area (Å²) in [5.41, 5.74) is -0.397. The normalized spacial score (nSPS) is 17.3. The van der Waals surface area contributed by atoms with Gasteiger partial charge >= 0.3 is 0 Å². The summed E-state index contributed by atoms with van der Waals surface area (Å²) in [6.45, 7) is 2.74. The first-order chi connectivity index (χ1) is 17.6. The summed E-state index contributed by atoms with van der Waals surface area (Å²) < 4.78 is 82.7. The lowest BCUT2D eigenvalue weighted by Crippen LogP contribution is -2.58. The molecule has 1 aromatic heterocycles. The average Bonchev–Trinajstić information content (AvgIpc) is 3.61. The number of hydrogen-bond donors (Lipinski definition) is 1. The van der Waals surface area contributed by atoms with Gasteiger partial charge in [-0.25, -0.2) is 22.5 Å². The molecule has 7 nitrogen and oxygen atoms in total. The summed E-state index contributed by atoms with van der Waals surface area (Å²) in [7, 11) is -4.17. The van der Waals surface area contributed by atoms with Crippen molar-refractivity contribution in [1.29, 1.82) is 0 Å². The molecule has 12 heteroatoms. The van der Waals surface area contributed by atoms with Crippen LogP contribution in [0.2, 0.25) is 0 Å². The van der Waals surface area contributed by atoms with Crippen LogP contribution in [0.25, 0.3) is 0 Å². The fourth-order valence-corrected chi connectivity index (χ4v) is 5.32. The first-order valence-electron chi connectivity index (χ1n) is 11.5. The molecule has 0 bridgehead atoms. The Hall–Kier alpha value is -3.67. The Morgan fingerprint density at radius 3 is 2.24 bits per heavy atom. The fourth-order valence-electron chi connectivity index (χ4n) is 4.51. The van der Waals surface area contributed by atoms with E-state index in [0.29, 0.717) is 43.9 Å². The van der Waals surface area contributed by atoms with Crippen LogP contribution in [0.3, 0.4) is 0 Å². The predicted molar refractivity (Wildman–Crippen MR) is 129 cm³/mol. The molecule has 1 saturated carbocycles. The zero-order valence-corrected chi connectivity index (χ0v) is 20.6. The van der Waals surface area contributed by atoms with Crippen LogP contribution >= 0.6 is 0 Å². The number of anilines is 1. The maximum Gasteiger partial charge on any atom is 0.276 e. The molecular weight excluding hydrogens is 510 g/mol. The van der Waals surface area contributed by atoms with Crippen molar-refractivity contribution < 1.29 is 26.0 Å². The Bertz CT molecular complexity index is 1440. The molecule has 1 aliphatic carbocycles. The number of rotatable bonds is 5. The zero-order chi connectivity index (χ0) is 26.4. The van der Waals surface area contributed by atoms with Crippen molar-refractivity contribution in [3.8, 4) is 0 Å². The van der Waals surface area contributed by atoms with Gasteiger partial charge in [-0.05, 0) is 44.0 Å². The van der Waals surface area contributed by atoms with Gasteiger partial charge in [0.1, 0.15) is 29.1 Å². The molecule has 2 aromatic carbocycles. The van der Waals surface area contributed by atoms with E-state index in [4.69, 9.17) is 0 Å². The highest BCUT2D eigenvalue weighted by molar-refractivity contribution is 7.89. The molecule has 1 N–H and O–H groups in total. The van der Waals surface area contributed by atoms with Gasteiger partial charge in [0.05, 0.1) is 22.2 Å². The van der Waals surface area contributed by atoms with Gasteiger partial charge in [-0.2, -0.15) is 13.2 Å². The molecule has 1 saturated heterocycles. The molecule has 2 aliphatic rings. The summed E-state index contributed by atoms with van der Waals surface area (Å²) in [5, 5.41) is 4.00. The molecule has 1 aliphatic heterocycles. The Morgan fingerprint density at radius 2 is 1.65 bits per heavy atom. The number of sulfonamides is 1. The number of nitrogens with zero attached hydrogens (tertiary/aromatic N) is 4. The SMILES string of the molecule is Cc1ccc(S(=O)(=O)N/N=C(/c2c(F)cc(F)cc2F)N2CCN(c3ccc(F)cn3)CC23CC3)cc1. The summed E-state index contributed by atoms with van der Waals surface area (Å²) in [4.78, 5) is 9.72. The largest absolute Gasteiger partial charge is 0.352 e. The van der Waals surface area contributed by atoms with Crippen LogP contribution < -0.4 is 9.73 Å². The molecule has 1 spiro atoms. The quantitative estimate of drug-likeness (QED) is 0.233. The highest BCUT2D eigenvalue weighted by Crippen LogP contribution is 2.46. The van der Waals surface area contributed by atoms with Crippen molar-refractivity contribution in [3.05, 3.63) is 89.1 Å². The Balaban J connectivity index is 1.52. The molecule has 2 fully saturated rings. The molecule has 5 rings (SSSR count). The standard InChI is InChI=1S/C25H23F4N5O2S/c1-16-2-5-19(6-3-16)37(35,36)32-31-24(23-20(28)12-18(27)13-21(23)29)34-11-10-33(15-25(34)8-9-25)22-7-4-17(26)14-30-22/h2-7,12-14,32H,8-11,15H2,1H3/b31-24-. The van der Waals surface area contributed by atoms with Crippen molar-refractivity contribution in [1.82, 2.24) is 14.7 Å². The van der Waals surface area contributed by atoms with Crippen molar-refractivity contribution in [2.75, 3.05) is 24.5 Å². The van der Waals surface area contributed by atoms with E-state index in [2.05, 4.69) is 14.9 Å². The summed E-state index contributed by atoms with van der Waals surface area (Å²) in [6, 6.07) is 9.91. The monoisotopic (exact) mass is 533 g/mol. The molecule has 0 radical (unpaired) electrons. The van der Waals surface area contributed by atoms with E-state index in [-0.39, 0.29) is 17.3 Å². The first-order valence-corrected chi connectivity index (χ1v) is 13.0.